The van der Waals surface area contributed by atoms with Crippen LogP contribution in [0.5, 0.6) is 0 Å². The Hall–Kier alpha value is -3.05. The first-order chi connectivity index (χ1) is 17.7. The van der Waals surface area contributed by atoms with Gasteiger partial charge in [-0.15, -0.1) is 0 Å². The highest BCUT2D eigenvalue weighted by Crippen LogP contribution is 2.38. The Morgan fingerprint density at radius 1 is 1.14 bits per heavy atom. The third-order valence-corrected chi connectivity index (χ3v) is 7.96. The number of hydrogen-bond acceptors (Lipinski definition) is 7. The number of primary amides is 1. The molecule has 0 aliphatic heterocycles. The summed E-state index contributed by atoms with van der Waals surface area (Å²) in [6.45, 7) is 2.04. The topological polar surface area (TPSA) is 131 Å². The molecule has 5 N–H and O–H groups in total. The number of aliphatic hydroxyl groups excluding tert-OH is 1. The van der Waals surface area contributed by atoms with E-state index in [4.69, 9.17) is 22.3 Å². The van der Waals surface area contributed by atoms with E-state index in [-0.39, 0.29) is 52.6 Å². The van der Waals surface area contributed by atoms with Crippen LogP contribution in [0.4, 0.5) is 26.4 Å². The lowest BCUT2D eigenvalue weighted by molar-refractivity contribution is -0.122. The second-order valence-corrected chi connectivity index (χ2v) is 10.6. The molecular formula is C25H30ClF2N7O2. The van der Waals surface area contributed by atoms with Crippen molar-refractivity contribution in [3.63, 3.8) is 0 Å². The quantitative estimate of drug-likeness (QED) is 0.338. The number of anilines is 3. The fourth-order valence-corrected chi connectivity index (χ4v) is 5.51. The summed E-state index contributed by atoms with van der Waals surface area (Å²) in [7, 11) is 0. The maximum absolute atomic E-state index is 14.6. The second kappa shape index (κ2) is 10.4. The van der Waals surface area contributed by atoms with Crippen LogP contribution in [0.15, 0.2) is 18.3 Å². The van der Waals surface area contributed by atoms with Gasteiger partial charge in [-0.2, -0.15) is 4.98 Å². The standard InChI is InChI=1S/C25H30ClF2N7O2/c1-12-2-5-14(10-19(12)36)31-24-30-11-18-23(34-24)35(15-6-3-13(4-7-15)22(29)37)25(33-18)32-17-9-8-16(26)20(27)21(17)28/h8-9,11-15,19,36H,2-7,10H2,1H3,(H2,29,37)(H,32,33)(H,30,31,34)/t12-,13-,14?,15+,19-/m1/s1. The molecule has 2 aromatic heterocycles. The summed E-state index contributed by atoms with van der Waals surface area (Å²) < 4.78 is 30.6. The molecule has 9 nitrogen and oxygen atoms in total. The molecular weight excluding hydrogens is 504 g/mol. The number of nitrogens with zero attached hydrogens (tertiary/aromatic N) is 4. The summed E-state index contributed by atoms with van der Waals surface area (Å²) in [6.07, 6.45) is 6.11. The summed E-state index contributed by atoms with van der Waals surface area (Å²) >= 11 is 5.72. The molecule has 2 fully saturated rings. The summed E-state index contributed by atoms with van der Waals surface area (Å²) in [5.74, 6) is -1.83. The largest absolute Gasteiger partial charge is 0.393 e. The summed E-state index contributed by atoms with van der Waals surface area (Å²) in [4.78, 5) is 25.4. The van der Waals surface area contributed by atoms with Gasteiger partial charge in [0, 0.05) is 18.0 Å². The van der Waals surface area contributed by atoms with Gasteiger partial charge in [-0.1, -0.05) is 18.5 Å². The SMILES string of the molecule is C[C@@H]1CCC(Nc2ncc3nc(Nc4ccc(Cl)c(F)c4F)n([C@H]4CC[C@@H](C(N)=O)CC4)c3n2)C[C@H]1O. The fraction of sp³-hybridized carbons (Fsp3) is 0.520. The van der Waals surface area contributed by atoms with E-state index in [1.165, 1.54) is 12.1 Å². The predicted molar refractivity (Wildman–Crippen MR) is 137 cm³/mol. The summed E-state index contributed by atoms with van der Waals surface area (Å²) in [5, 5.41) is 16.2. The Morgan fingerprint density at radius 3 is 2.59 bits per heavy atom. The van der Waals surface area contributed by atoms with E-state index in [1.807, 2.05) is 11.5 Å². The number of halogens is 3. The van der Waals surface area contributed by atoms with Crippen molar-refractivity contribution < 1.29 is 18.7 Å². The minimum Gasteiger partial charge on any atom is -0.393 e. The number of hydrogen-bond donors (Lipinski definition) is 4. The molecule has 0 radical (unpaired) electrons. The first-order valence-electron chi connectivity index (χ1n) is 12.6. The average molecular weight is 534 g/mol. The molecule has 2 aliphatic carbocycles. The van der Waals surface area contributed by atoms with E-state index in [1.54, 1.807) is 6.20 Å². The number of benzene rings is 1. The molecule has 1 amide bonds. The molecule has 198 valence electrons. The number of fused-ring (bicyclic) bond motifs is 1. The van der Waals surface area contributed by atoms with Crippen molar-refractivity contribution in [2.24, 2.45) is 17.6 Å². The van der Waals surface area contributed by atoms with E-state index in [0.29, 0.717) is 49.2 Å². The lowest BCUT2D eigenvalue weighted by Gasteiger charge is -2.31. The molecule has 1 unspecified atom stereocenters. The monoisotopic (exact) mass is 533 g/mol. The third-order valence-electron chi connectivity index (χ3n) is 7.67. The van der Waals surface area contributed by atoms with Gasteiger partial charge in [0.25, 0.3) is 0 Å². The van der Waals surface area contributed by atoms with Crippen LogP contribution in [0.1, 0.15) is 57.9 Å². The number of nitrogens with two attached hydrogens (primary N) is 1. The van der Waals surface area contributed by atoms with Crippen LogP contribution >= 0.6 is 11.6 Å². The van der Waals surface area contributed by atoms with Gasteiger partial charge in [0.05, 0.1) is 23.0 Å². The number of carbonyl (C=O) groups is 1. The van der Waals surface area contributed by atoms with Gasteiger partial charge >= 0.3 is 0 Å². The van der Waals surface area contributed by atoms with E-state index >= 15 is 0 Å². The lowest BCUT2D eigenvalue weighted by atomic mass is 9.85. The van der Waals surface area contributed by atoms with Crippen LogP contribution in [0, 0.1) is 23.5 Å². The molecule has 5 rings (SSSR count). The second-order valence-electron chi connectivity index (χ2n) is 10.2. The van der Waals surface area contributed by atoms with Gasteiger partial charge in [0.2, 0.25) is 17.8 Å². The van der Waals surface area contributed by atoms with Gasteiger partial charge in [0.15, 0.2) is 17.3 Å². The molecule has 2 heterocycles. The smallest absolute Gasteiger partial charge is 0.224 e. The number of imidazole rings is 1. The van der Waals surface area contributed by atoms with E-state index in [2.05, 4.69) is 20.6 Å². The van der Waals surface area contributed by atoms with Crippen molar-refractivity contribution in [3.05, 3.63) is 35.0 Å². The molecule has 3 atom stereocenters. The maximum Gasteiger partial charge on any atom is 0.224 e. The first-order valence-corrected chi connectivity index (χ1v) is 13.0. The van der Waals surface area contributed by atoms with Crippen LogP contribution in [0.3, 0.4) is 0 Å². The number of aliphatic hydroxyl groups is 1. The van der Waals surface area contributed by atoms with Gasteiger partial charge in [0.1, 0.15) is 5.52 Å². The van der Waals surface area contributed by atoms with Crippen molar-refractivity contribution in [1.29, 1.82) is 0 Å². The molecule has 0 spiro atoms. The molecule has 1 aromatic carbocycles. The van der Waals surface area contributed by atoms with Gasteiger partial charge < -0.3 is 21.5 Å². The molecule has 2 saturated carbocycles. The lowest BCUT2D eigenvalue weighted by Crippen LogP contribution is -2.35. The van der Waals surface area contributed by atoms with Crippen molar-refractivity contribution in [1.82, 2.24) is 19.5 Å². The average Bonchev–Trinajstić information content (AvgIpc) is 3.24. The van der Waals surface area contributed by atoms with Crippen LogP contribution in [-0.2, 0) is 4.79 Å². The highest BCUT2D eigenvalue weighted by molar-refractivity contribution is 6.30. The van der Waals surface area contributed by atoms with Crippen LogP contribution in [-0.4, -0.2) is 42.7 Å². The van der Waals surface area contributed by atoms with E-state index in [9.17, 15) is 18.7 Å². The summed E-state index contributed by atoms with van der Waals surface area (Å²) in [5.41, 5.74) is 6.42. The third kappa shape index (κ3) is 5.19. The van der Waals surface area contributed by atoms with E-state index in [0.717, 1.165) is 12.8 Å². The maximum atomic E-state index is 14.6. The predicted octanol–water partition coefficient (Wildman–Crippen LogP) is 4.68. The highest BCUT2D eigenvalue weighted by Gasteiger charge is 2.30. The molecule has 12 heteroatoms. The van der Waals surface area contributed by atoms with Gasteiger partial charge in [-0.05, 0) is 63.0 Å². The Kier molecular flexibility index (Phi) is 7.17. The zero-order valence-corrected chi connectivity index (χ0v) is 21.2. The minimum absolute atomic E-state index is 0.0368. The van der Waals surface area contributed by atoms with Crippen molar-refractivity contribution in [2.45, 2.75) is 70.1 Å². The van der Waals surface area contributed by atoms with Crippen molar-refractivity contribution in [3.8, 4) is 0 Å². The Balaban J connectivity index is 1.49. The number of aromatic nitrogens is 4. The Morgan fingerprint density at radius 2 is 1.89 bits per heavy atom. The number of amides is 1. The zero-order chi connectivity index (χ0) is 26.3. The zero-order valence-electron chi connectivity index (χ0n) is 20.4. The molecule has 37 heavy (non-hydrogen) atoms. The Labute approximate surface area is 217 Å². The summed E-state index contributed by atoms with van der Waals surface area (Å²) in [6, 6.07) is 2.56. The molecule has 2 aliphatic rings. The Bertz CT molecular complexity index is 1310. The van der Waals surface area contributed by atoms with Crippen molar-refractivity contribution in [2.75, 3.05) is 10.6 Å². The molecule has 0 bridgehead atoms. The fourth-order valence-electron chi connectivity index (χ4n) is 5.37. The molecule has 0 saturated heterocycles. The number of carbonyl (C=O) groups excluding carboxylic acids is 1. The van der Waals surface area contributed by atoms with Crippen LogP contribution < -0.4 is 16.4 Å². The normalized spacial score (nSPS) is 26.2. The first kappa shape index (κ1) is 25.6. The van der Waals surface area contributed by atoms with Gasteiger partial charge in [-0.25, -0.2) is 18.7 Å². The van der Waals surface area contributed by atoms with E-state index < -0.39 is 11.6 Å². The van der Waals surface area contributed by atoms with Crippen LogP contribution in [0.25, 0.3) is 11.2 Å². The number of nitrogens with one attached hydrogen (secondary N) is 2. The minimum atomic E-state index is -1.15. The van der Waals surface area contributed by atoms with Gasteiger partial charge in [-0.3, -0.25) is 9.36 Å². The highest BCUT2D eigenvalue weighted by atomic mass is 35.5. The molecule has 3 aromatic rings. The van der Waals surface area contributed by atoms with Crippen molar-refractivity contribution >= 4 is 46.3 Å². The van der Waals surface area contributed by atoms with Crippen LogP contribution in [0.2, 0.25) is 5.02 Å². The number of rotatable bonds is 6.